The van der Waals surface area contributed by atoms with Crippen LogP contribution in [0, 0.1) is 0 Å². The molecule has 1 atom stereocenters. The highest BCUT2D eigenvalue weighted by Gasteiger charge is 2.23. The summed E-state index contributed by atoms with van der Waals surface area (Å²) < 4.78 is 0. The molecule has 0 bridgehead atoms. The Hall–Kier alpha value is -1.07. The highest BCUT2D eigenvalue weighted by atomic mass is 32.1. The fourth-order valence-electron chi connectivity index (χ4n) is 2.06. The minimum Gasteiger partial charge on any atom is -0.477 e. The quantitative estimate of drug-likeness (QED) is 0.852. The van der Waals surface area contributed by atoms with Crippen LogP contribution < -0.4 is 4.90 Å². The van der Waals surface area contributed by atoms with Crippen molar-refractivity contribution in [1.82, 2.24) is 4.90 Å². The van der Waals surface area contributed by atoms with E-state index in [1.807, 2.05) is 6.07 Å². The Morgan fingerprint density at radius 3 is 2.81 bits per heavy atom. The number of piperazine rings is 1. The van der Waals surface area contributed by atoms with Gasteiger partial charge in [-0.3, -0.25) is 0 Å². The van der Waals surface area contributed by atoms with Gasteiger partial charge in [-0.2, -0.15) is 0 Å². The molecule has 0 amide bonds. The Morgan fingerprint density at radius 1 is 1.50 bits per heavy atom. The molecule has 0 radical (unpaired) electrons. The summed E-state index contributed by atoms with van der Waals surface area (Å²) in [6.45, 7) is 5.21. The molecule has 0 saturated carbocycles. The first-order valence-electron chi connectivity index (χ1n) is 5.36. The van der Waals surface area contributed by atoms with Crippen molar-refractivity contribution >= 4 is 22.3 Å². The number of thiophene rings is 1. The molecular weight excluding hydrogens is 224 g/mol. The fourth-order valence-corrected chi connectivity index (χ4v) is 3.04. The topological polar surface area (TPSA) is 43.8 Å². The first-order chi connectivity index (χ1) is 7.58. The van der Waals surface area contributed by atoms with Crippen molar-refractivity contribution in [2.24, 2.45) is 0 Å². The largest absolute Gasteiger partial charge is 0.477 e. The molecule has 0 spiro atoms. The number of rotatable bonds is 2. The highest BCUT2D eigenvalue weighted by molar-refractivity contribution is 7.17. The molecule has 1 unspecified atom stereocenters. The van der Waals surface area contributed by atoms with Gasteiger partial charge in [0.2, 0.25) is 0 Å². The van der Waals surface area contributed by atoms with Crippen LogP contribution in [0.5, 0.6) is 0 Å². The number of carboxylic acid groups (broad SMARTS) is 1. The van der Waals surface area contributed by atoms with Crippen molar-refractivity contribution in [2.75, 3.05) is 31.6 Å². The van der Waals surface area contributed by atoms with E-state index in [4.69, 9.17) is 5.11 Å². The summed E-state index contributed by atoms with van der Waals surface area (Å²) >= 11 is 1.36. The summed E-state index contributed by atoms with van der Waals surface area (Å²) in [5.74, 6) is -0.835. The van der Waals surface area contributed by atoms with Gasteiger partial charge in [0, 0.05) is 25.7 Å². The summed E-state index contributed by atoms with van der Waals surface area (Å²) in [6, 6.07) is 4.04. The van der Waals surface area contributed by atoms with Crippen LogP contribution in [0.15, 0.2) is 12.1 Å². The van der Waals surface area contributed by atoms with Crippen LogP contribution in [0.3, 0.4) is 0 Å². The Labute approximate surface area is 99.1 Å². The van der Waals surface area contributed by atoms with Gasteiger partial charge in [0.25, 0.3) is 0 Å². The molecule has 5 heteroatoms. The molecule has 1 N–H and O–H groups in total. The second kappa shape index (κ2) is 4.43. The molecule has 2 heterocycles. The zero-order valence-electron chi connectivity index (χ0n) is 9.51. The maximum absolute atomic E-state index is 10.8. The molecule has 0 aromatic carbocycles. The molecule has 1 aromatic heterocycles. The third-order valence-corrected chi connectivity index (χ3v) is 4.03. The Kier molecular flexibility index (Phi) is 3.16. The average molecular weight is 240 g/mol. The minimum atomic E-state index is -0.835. The van der Waals surface area contributed by atoms with E-state index in [1.54, 1.807) is 6.07 Å². The van der Waals surface area contributed by atoms with Gasteiger partial charge in [0.15, 0.2) is 0 Å². The second-order valence-corrected chi connectivity index (χ2v) is 5.31. The summed E-state index contributed by atoms with van der Waals surface area (Å²) in [7, 11) is 2.12. The van der Waals surface area contributed by atoms with Gasteiger partial charge < -0.3 is 14.9 Å². The lowest BCUT2D eigenvalue weighted by Crippen LogP contribution is -2.50. The van der Waals surface area contributed by atoms with Crippen LogP contribution in [0.4, 0.5) is 5.00 Å². The zero-order chi connectivity index (χ0) is 11.7. The van der Waals surface area contributed by atoms with Crippen molar-refractivity contribution < 1.29 is 9.90 Å². The molecular formula is C11H16N2O2S. The molecule has 88 valence electrons. The highest BCUT2D eigenvalue weighted by Crippen LogP contribution is 2.28. The number of aromatic carboxylic acids is 1. The summed E-state index contributed by atoms with van der Waals surface area (Å²) in [6.07, 6.45) is 0. The van der Waals surface area contributed by atoms with Crippen LogP contribution in [-0.2, 0) is 0 Å². The van der Waals surface area contributed by atoms with Crippen molar-refractivity contribution in [1.29, 1.82) is 0 Å². The minimum absolute atomic E-state index is 0.418. The monoisotopic (exact) mass is 240 g/mol. The molecule has 1 aromatic rings. The maximum Gasteiger partial charge on any atom is 0.345 e. The zero-order valence-corrected chi connectivity index (χ0v) is 10.3. The van der Waals surface area contributed by atoms with Gasteiger partial charge in [0.05, 0.1) is 5.00 Å². The first-order valence-corrected chi connectivity index (χ1v) is 6.18. The van der Waals surface area contributed by atoms with Crippen LogP contribution in [0.2, 0.25) is 0 Å². The lowest BCUT2D eigenvalue weighted by atomic mass is 10.2. The van der Waals surface area contributed by atoms with Crippen LogP contribution in [-0.4, -0.2) is 48.7 Å². The SMILES string of the molecule is CC1CN(C)CCN1c1ccc(C(=O)O)s1. The molecule has 4 nitrogen and oxygen atoms in total. The van der Waals surface area contributed by atoms with Crippen LogP contribution in [0.25, 0.3) is 0 Å². The molecule has 1 saturated heterocycles. The standard InChI is InChI=1S/C11H16N2O2S/c1-8-7-12(2)5-6-13(8)10-4-3-9(16-10)11(14)15/h3-4,8H,5-7H2,1-2H3,(H,14,15). The number of likely N-dealkylation sites (N-methyl/N-ethyl adjacent to an activating group) is 1. The molecule has 1 aliphatic rings. The summed E-state index contributed by atoms with van der Waals surface area (Å²) in [4.78, 5) is 15.8. The predicted octanol–water partition coefficient (Wildman–Crippen LogP) is 1.59. The van der Waals surface area contributed by atoms with Gasteiger partial charge in [-0.05, 0) is 26.1 Å². The average Bonchev–Trinajstić information content (AvgIpc) is 2.66. The van der Waals surface area contributed by atoms with E-state index in [2.05, 4.69) is 23.8 Å². The lowest BCUT2D eigenvalue weighted by molar-refractivity contribution is 0.0702. The molecule has 2 rings (SSSR count). The normalized spacial score (nSPS) is 22.4. The first kappa shape index (κ1) is 11.4. The van der Waals surface area contributed by atoms with Gasteiger partial charge in [-0.15, -0.1) is 11.3 Å². The van der Waals surface area contributed by atoms with Gasteiger partial charge in [-0.1, -0.05) is 0 Å². The number of nitrogens with zero attached hydrogens (tertiary/aromatic N) is 2. The van der Waals surface area contributed by atoms with E-state index in [1.165, 1.54) is 11.3 Å². The molecule has 1 aliphatic heterocycles. The van der Waals surface area contributed by atoms with E-state index < -0.39 is 5.97 Å². The third kappa shape index (κ3) is 2.20. The predicted molar refractivity (Wildman–Crippen MR) is 65.6 cm³/mol. The van der Waals surface area contributed by atoms with Crippen molar-refractivity contribution in [3.8, 4) is 0 Å². The number of hydrogen-bond acceptors (Lipinski definition) is 4. The lowest BCUT2D eigenvalue weighted by Gasteiger charge is -2.38. The van der Waals surface area contributed by atoms with Gasteiger partial charge >= 0.3 is 5.97 Å². The van der Waals surface area contributed by atoms with Crippen molar-refractivity contribution in [3.63, 3.8) is 0 Å². The molecule has 1 fully saturated rings. The van der Waals surface area contributed by atoms with Crippen LogP contribution >= 0.6 is 11.3 Å². The van der Waals surface area contributed by atoms with E-state index in [0.29, 0.717) is 10.9 Å². The number of carbonyl (C=O) groups is 1. The molecule has 0 aliphatic carbocycles. The third-order valence-electron chi connectivity index (χ3n) is 2.92. The van der Waals surface area contributed by atoms with E-state index in [-0.39, 0.29) is 0 Å². The van der Waals surface area contributed by atoms with Crippen LogP contribution in [0.1, 0.15) is 16.6 Å². The Morgan fingerprint density at radius 2 is 2.25 bits per heavy atom. The fraction of sp³-hybridized carbons (Fsp3) is 0.545. The smallest absolute Gasteiger partial charge is 0.345 e. The van der Waals surface area contributed by atoms with Crippen molar-refractivity contribution in [2.45, 2.75) is 13.0 Å². The number of hydrogen-bond donors (Lipinski definition) is 1. The van der Waals surface area contributed by atoms with E-state index >= 15 is 0 Å². The van der Waals surface area contributed by atoms with E-state index in [9.17, 15) is 4.79 Å². The molecule has 16 heavy (non-hydrogen) atoms. The summed E-state index contributed by atoms with van der Waals surface area (Å²) in [5, 5.41) is 9.96. The van der Waals surface area contributed by atoms with Gasteiger partial charge in [-0.25, -0.2) is 4.79 Å². The number of anilines is 1. The second-order valence-electron chi connectivity index (χ2n) is 4.25. The Bertz CT molecular complexity index is 391. The maximum atomic E-state index is 10.8. The Balaban J connectivity index is 2.14. The number of carboxylic acids is 1. The van der Waals surface area contributed by atoms with Gasteiger partial charge in [0.1, 0.15) is 4.88 Å². The van der Waals surface area contributed by atoms with E-state index in [0.717, 1.165) is 24.6 Å². The van der Waals surface area contributed by atoms with Crippen molar-refractivity contribution in [3.05, 3.63) is 17.0 Å². The summed E-state index contributed by atoms with van der Waals surface area (Å²) in [5.41, 5.74) is 0.